The minimum absolute atomic E-state index is 0.0279. The van der Waals surface area contributed by atoms with Crippen molar-refractivity contribution in [3.05, 3.63) is 28.2 Å². The number of carbonyl (C=O) groups excluding carboxylic acids is 1. The van der Waals surface area contributed by atoms with Crippen LogP contribution in [0.5, 0.6) is 5.75 Å². The Bertz CT molecular complexity index is 614. The number of nitrogens with one attached hydrogen (secondary N) is 1. The minimum Gasteiger partial charge on any atom is -0.491 e. The van der Waals surface area contributed by atoms with Gasteiger partial charge in [-0.25, -0.2) is 0 Å². The molecule has 3 rings (SSSR count). The number of rotatable bonds is 3. The molecule has 120 valence electrons. The van der Waals surface area contributed by atoms with Crippen molar-refractivity contribution in [1.82, 2.24) is 9.88 Å². The van der Waals surface area contributed by atoms with E-state index in [0.29, 0.717) is 13.2 Å². The number of nitrogens with zero attached hydrogens (tertiary/aromatic N) is 1. The average molecular weight is 308 g/mol. The van der Waals surface area contributed by atoms with Crippen LogP contribution in [0, 0.1) is 5.92 Å². The van der Waals surface area contributed by atoms with Gasteiger partial charge < -0.3 is 24.5 Å². The van der Waals surface area contributed by atoms with Crippen molar-refractivity contribution < 1.29 is 19.4 Å². The van der Waals surface area contributed by atoms with E-state index in [4.69, 9.17) is 9.47 Å². The monoisotopic (exact) mass is 308 g/mol. The van der Waals surface area contributed by atoms with Crippen LogP contribution in [-0.4, -0.2) is 59.9 Å². The van der Waals surface area contributed by atoms with Gasteiger partial charge in [0.05, 0.1) is 25.9 Å². The van der Waals surface area contributed by atoms with Crippen molar-refractivity contribution in [2.75, 3.05) is 26.9 Å². The topological polar surface area (TPSA) is 91.9 Å². The summed E-state index contributed by atoms with van der Waals surface area (Å²) in [5.41, 5.74) is -0.0760. The molecule has 1 amide bonds. The Morgan fingerprint density at radius 2 is 2.36 bits per heavy atom. The van der Waals surface area contributed by atoms with Crippen molar-refractivity contribution in [1.29, 1.82) is 0 Å². The highest BCUT2D eigenvalue weighted by Gasteiger charge is 2.42. The number of aromatic nitrogens is 1. The third-order valence-corrected chi connectivity index (χ3v) is 4.48. The van der Waals surface area contributed by atoms with Crippen LogP contribution in [0.1, 0.15) is 23.3 Å². The van der Waals surface area contributed by atoms with E-state index in [0.717, 1.165) is 12.8 Å². The van der Waals surface area contributed by atoms with E-state index in [1.807, 2.05) is 0 Å². The molecule has 3 atom stereocenters. The lowest BCUT2D eigenvalue weighted by atomic mass is 10.1. The number of H-pyrrole nitrogens is 1. The highest BCUT2D eigenvalue weighted by atomic mass is 16.5. The third-order valence-electron chi connectivity index (χ3n) is 4.48. The highest BCUT2D eigenvalue weighted by Crippen LogP contribution is 2.34. The Kier molecular flexibility index (Phi) is 4.17. The number of methoxy groups -OCH3 is 1. The van der Waals surface area contributed by atoms with E-state index in [2.05, 4.69) is 4.98 Å². The standard InChI is InChI=1S/C15H20N2O5/c1-21-14-7-16-10(6-12(14)19)15(20)17-2-3-22-13-5-9(8-18)4-11(13)17/h6-7,9,11,13,18H,2-5,8H2,1H3,(H,16,19)/t9-,11+,13?/m1/s1. The lowest BCUT2D eigenvalue weighted by Crippen LogP contribution is -2.51. The maximum atomic E-state index is 12.7. The second-order valence-corrected chi connectivity index (χ2v) is 5.77. The average Bonchev–Trinajstić information content (AvgIpc) is 2.97. The molecular weight excluding hydrogens is 288 g/mol. The fourth-order valence-corrected chi connectivity index (χ4v) is 3.35. The Morgan fingerprint density at radius 1 is 1.55 bits per heavy atom. The number of aliphatic hydroxyl groups is 1. The largest absolute Gasteiger partial charge is 0.491 e. The second kappa shape index (κ2) is 6.10. The zero-order chi connectivity index (χ0) is 15.7. The summed E-state index contributed by atoms with van der Waals surface area (Å²) in [6, 6.07) is 1.23. The highest BCUT2D eigenvalue weighted by molar-refractivity contribution is 5.92. The Balaban J connectivity index is 1.82. The lowest BCUT2D eigenvalue weighted by molar-refractivity contribution is -0.0450. The van der Waals surface area contributed by atoms with Crippen LogP contribution in [0.2, 0.25) is 0 Å². The molecule has 2 N–H and O–H groups in total. The first-order valence-corrected chi connectivity index (χ1v) is 7.44. The summed E-state index contributed by atoms with van der Waals surface area (Å²) in [7, 11) is 1.41. The molecule has 7 nitrogen and oxygen atoms in total. The van der Waals surface area contributed by atoms with Crippen molar-refractivity contribution in [2.24, 2.45) is 5.92 Å². The SMILES string of the molecule is COc1c[nH]c(C(=O)N2CCOC3C[C@H](CO)C[C@@H]32)cc1=O. The molecule has 22 heavy (non-hydrogen) atoms. The molecule has 2 aliphatic rings. The Morgan fingerprint density at radius 3 is 3.05 bits per heavy atom. The third kappa shape index (κ3) is 2.62. The van der Waals surface area contributed by atoms with Gasteiger partial charge in [-0.3, -0.25) is 9.59 Å². The fourth-order valence-electron chi connectivity index (χ4n) is 3.35. The summed E-state index contributed by atoms with van der Waals surface area (Å²) < 4.78 is 10.6. The molecule has 1 saturated carbocycles. The number of carbonyl (C=O) groups is 1. The smallest absolute Gasteiger partial charge is 0.270 e. The number of hydrogen-bond donors (Lipinski definition) is 2. The van der Waals surface area contributed by atoms with E-state index in [9.17, 15) is 14.7 Å². The number of pyridine rings is 1. The molecule has 1 unspecified atom stereocenters. The second-order valence-electron chi connectivity index (χ2n) is 5.77. The summed E-state index contributed by atoms with van der Waals surface area (Å²) in [4.78, 5) is 29.1. The predicted octanol–water partition coefficient (Wildman–Crippen LogP) is -0.00460. The Hall–Kier alpha value is -1.86. The quantitative estimate of drug-likeness (QED) is 0.820. The number of amides is 1. The molecule has 0 spiro atoms. The van der Waals surface area contributed by atoms with Crippen LogP contribution in [0.15, 0.2) is 17.1 Å². The van der Waals surface area contributed by atoms with Gasteiger partial charge in [0.1, 0.15) is 5.69 Å². The molecule has 2 heterocycles. The van der Waals surface area contributed by atoms with Gasteiger partial charge in [-0.2, -0.15) is 0 Å². The molecule has 7 heteroatoms. The van der Waals surface area contributed by atoms with Gasteiger partial charge in [0, 0.05) is 25.4 Å². The first kappa shape index (κ1) is 15.1. The van der Waals surface area contributed by atoms with Crippen molar-refractivity contribution in [2.45, 2.75) is 25.0 Å². The van der Waals surface area contributed by atoms with Gasteiger partial charge >= 0.3 is 0 Å². The normalized spacial score (nSPS) is 27.5. The van der Waals surface area contributed by atoms with Gasteiger partial charge in [0.25, 0.3) is 5.91 Å². The van der Waals surface area contributed by atoms with Crippen LogP contribution in [0.3, 0.4) is 0 Å². The molecule has 0 bridgehead atoms. The molecule has 0 aromatic carbocycles. The number of aromatic amines is 1. The van der Waals surface area contributed by atoms with Gasteiger partial charge in [0.2, 0.25) is 5.43 Å². The maximum Gasteiger partial charge on any atom is 0.270 e. The number of fused-ring (bicyclic) bond motifs is 1. The minimum atomic E-state index is -0.325. The Labute approximate surface area is 127 Å². The van der Waals surface area contributed by atoms with Crippen molar-refractivity contribution in [3.63, 3.8) is 0 Å². The van der Waals surface area contributed by atoms with Crippen LogP contribution in [0.25, 0.3) is 0 Å². The molecule has 1 aromatic heterocycles. The van der Waals surface area contributed by atoms with Crippen LogP contribution in [0.4, 0.5) is 0 Å². The molecule has 1 aromatic rings. The van der Waals surface area contributed by atoms with Gasteiger partial charge in [0.15, 0.2) is 5.75 Å². The summed E-state index contributed by atoms with van der Waals surface area (Å²) >= 11 is 0. The molecule has 1 saturated heterocycles. The molecule has 2 fully saturated rings. The zero-order valence-electron chi connectivity index (χ0n) is 12.4. The summed E-state index contributed by atoms with van der Waals surface area (Å²) in [5, 5.41) is 9.33. The molecule has 0 radical (unpaired) electrons. The summed E-state index contributed by atoms with van der Waals surface area (Å²) in [5.74, 6) is 0.132. The predicted molar refractivity (Wildman–Crippen MR) is 78.0 cm³/mol. The van der Waals surface area contributed by atoms with Crippen LogP contribution >= 0.6 is 0 Å². The van der Waals surface area contributed by atoms with Gasteiger partial charge in [-0.1, -0.05) is 0 Å². The van der Waals surface area contributed by atoms with E-state index in [1.165, 1.54) is 19.4 Å². The first-order valence-electron chi connectivity index (χ1n) is 7.44. The maximum absolute atomic E-state index is 12.7. The van der Waals surface area contributed by atoms with E-state index in [-0.39, 0.29) is 47.5 Å². The molecule has 1 aliphatic heterocycles. The van der Waals surface area contributed by atoms with Gasteiger partial charge in [-0.05, 0) is 18.8 Å². The van der Waals surface area contributed by atoms with Gasteiger partial charge in [-0.15, -0.1) is 0 Å². The first-order chi connectivity index (χ1) is 10.6. The number of morpholine rings is 1. The lowest BCUT2D eigenvalue weighted by Gasteiger charge is -2.37. The zero-order valence-corrected chi connectivity index (χ0v) is 12.4. The fraction of sp³-hybridized carbons (Fsp3) is 0.600. The van der Waals surface area contributed by atoms with E-state index >= 15 is 0 Å². The van der Waals surface area contributed by atoms with Crippen LogP contribution in [-0.2, 0) is 4.74 Å². The molecular formula is C15H20N2O5. The van der Waals surface area contributed by atoms with E-state index in [1.54, 1.807) is 4.90 Å². The van der Waals surface area contributed by atoms with Crippen LogP contribution < -0.4 is 10.2 Å². The number of hydrogen-bond acceptors (Lipinski definition) is 5. The number of ether oxygens (including phenoxy) is 2. The summed E-state index contributed by atoms with van der Waals surface area (Å²) in [6.07, 6.45) is 2.87. The van der Waals surface area contributed by atoms with E-state index < -0.39 is 0 Å². The number of aliphatic hydroxyl groups excluding tert-OH is 1. The summed E-state index contributed by atoms with van der Waals surface area (Å²) in [6.45, 7) is 1.08. The van der Waals surface area contributed by atoms with Crippen molar-refractivity contribution >= 4 is 5.91 Å². The van der Waals surface area contributed by atoms with Crippen molar-refractivity contribution in [3.8, 4) is 5.75 Å². The molecule has 1 aliphatic carbocycles.